The van der Waals surface area contributed by atoms with Crippen LogP contribution in [0.3, 0.4) is 0 Å². The standard InChI is InChI=1S/C21H20N2O4S/c1-25-18-8-3-15(4-9-18)5-12-20(24)27-13-17-14-28-21(23-17)22-16-6-10-19(26-2)11-7-16/h3-12,14H,13H2,1-2H3,(H,22,23)/b12-5+. The summed E-state index contributed by atoms with van der Waals surface area (Å²) in [4.78, 5) is 16.3. The Morgan fingerprint density at radius 2 is 1.68 bits per heavy atom. The number of rotatable bonds is 8. The maximum absolute atomic E-state index is 11.9. The van der Waals surface area contributed by atoms with Crippen molar-refractivity contribution in [1.29, 1.82) is 0 Å². The fraction of sp³-hybridized carbons (Fsp3) is 0.143. The number of thiazole rings is 1. The lowest BCUT2D eigenvalue weighted by Gasteiger charge is -2.04. The van der Waals surface area contributed by atoms with Gasteiger partial charge in [0.15, 0.2) is 5.13 Å². The highest BCUT2D eigenvalue weighted by molar-refractivity contribution is 7.13. The van der Waals surface area contributed by atoms with Crippen molar-refractivity contribution in [2.75, 3.05) is 19.5 Å². The summed E-state index contributed by atoms with van der Waals surface area (Å²) in [5, 5.41) is 5.79. The molecule has 28 heavy (non-hydrogen) atoms. The first-order valence-electron chi connectivity index (χ1n) is 8.50. The molecule has 3 aromatic rings. The van der Waals surface area contributed by atoms with Gasteiger partial charge in [0.1, 0.15) is 18.1 Å². The van der Waals surface area contributed by atoms with Crippen molar-refractivity contribution in [3.05, 3.63) is 71.2 Å². The minimum Gasteiger partial charge on any atom is -0.497 e. The monoisotopic (exact) mass is 396 g/mol. The molecule has 0 saturated carbocycles. The van der Waals surface area contributed by atoms with Gasteiger partial charge in [0.2, 0.25) is 0 Å². The number of carbonyl (C=O) groups excluding carboxylic acids is 1. The SMILES string of the molecule is COc1ccc(/C=C/C(=O)OCc2csc(Nc3ccc(OC)cc3)n2)cc1. The van der Waals surface area contributed by atoms with Crippen LogP contribution in [-0.2, 0) is 16.1 Å². The number of hydrogen-bond acceptors (Lipinski definition) is 7. The van der Waals surface area contributed by atoms with E-state index < -0.39 is 5.97 Å². The number of hydrogen-bond donors (Lipinski definition) is 1. The van der Waals surface area contributed by atoms with Crippen molar-refractivity contribution in [3.63, 3.8) is 0 Å². The molecule has 0 saturated heterocycles. The molecule has 0 radical (unpaired) electrons. The predicted octanol–water partition coefficient (Wildman–Crippen LogP) is 4.66. The van der Waals surface area contributed by atoms with Gasteiger partial charge in [-0.25, -0.2) is 9.78 Å². The minimum absolute atomic E-state index is 0.118. The van der Waals surface area contributed by atoms with Gasteiger partial charge in [-0.1, -0.05) is 12.1 Å². The van der Waals surface area contributed by atoms with Gasteiger partial charge in [-0.2, -0.15) is 0 Å². The van der Waals surface area contributed by atoms with Crippen molar-refractivity contribution in [2.24, 2.45) is 0 Å². The second-order valence-corrected chi connectivity index (χ2v) is 6.57. The van der Waals surface area contributed by atoms with Crippen molar-refractivity contribution in [1.82, 2.24) is 4.98 Å². The summed E-state index contributed by atoms with van der Waals surface area (Å²) >= 11 is 1.45. The predicted molar refractivity (Wildman–Crippen MR) is 110 cm³/mol. The molecule has 0 aliphatic heterocycles. The molecule has 6 nitrogen and oxygen atoms in total. The molecule has 0 aliphatic rings. The third-order valence-corrected chi connectivity index (χ3v) is 4.59. The lowest BCUT2D eigenvalue weighted by atomic mass is 10.2. The normalized spacial score (nSPS) is 10.6. The average Bonchev–Trinajstić information content (AvgIpc) is 3.19. The smallest absolute Gasteiger partial charge is 0.331 e. The van der Waals surface area contributed by atoms with Crippen LogP contribution < -0.4 is 14.8 Å². The Morgan fingerprint density at radius 1 is 1.04 bits per heavy atom. The van der Waals surface area contributed by atoms with Gasteiger partial charge in [-0.15, -0.1) is 11.3 Å². The van der Waals surface area contributed by atoms with Gasteiger partial charge in [0.05, 0.1) is 19.9 Å². The first-order chi connectivity index (χ1) is 13.7. The van der Waals surface area contributed by atoms with E-state index in [9.17, 15) is 4.79 Å². The Bertz CT molecular complexity index is 934. The number of methoxy groups -OCH3 is 2. The van der Waals surface area contributed by atoms with Gasteiger partial charge in [0, 0.05) is 17.1 Å². The molecule has 1 aromatic heterocycles. The highest BCUT2D eigenvalue weighted by Gasteiger charge is 2.05. The highest BCUT2D eigenvalue weighted by Crippen LogP contribution is 2.23. The van der Waals surface area contributed by atoms with Gasteiger partial charge >= 0.3 is 5.97 Å². The number of carbonyl (C=O) groups is 1. The van der Waals surface area contributed by atoms with Crippen molar-refractivity contribution >= 4 is 34.2 Å². The summed E-state index contributed by atoms with van der Waals surface area (Å²) in [7, 11) is 3.24. The van der Waals surface area contributed by atoms with Crippen LogP contribution in [0.4, 0.5) is 10.8 Å². The van der Waals surface area contributed by atoms with Crippen LogP contribution in [-0.4, -0.2) is 25.2 Å². The molecule has 2 aromatic carbocycles. The molecule has 0 atom stereocenters. The number of nitrogens with zero attached hydrogens (tertiary/aromatic N) is 1. The van der Waals surface area contributed by atoms with Gasteiger partial charge < -0.3 is 19.5 Å². The number of esters is 1. The third-order valence-electron chi connectivity index (χ3n) is 3.78. The summed E-state index contributed by atoms with van der Waals surface area (Å²) < 4.78 is 15.5. The first-order valence-corrected chi connectivity index (χ1v) is 9.38. The molecule has 0 unspecified atom stereocenters. The summed E-state index contributed by atoms with van der Waals surface area (Å²) in [6.07, 6.45) is 3.09. The van der Waals surface area contributed by atoms with Crippen LogP contribution in [0.5, 0.6) is 11.5 Å². The van der Waals surface area contributed by atoms with E-state index in [1.54, 1.807) is 20.3 Å². The lowest BCUT2D eigenvalue weighted by molar-refractivity contribution is -0.139. The summed E-state index contributed by atoms with van der Waals surface area (Å²) in [5.74, 6) is 1.13. The molecule has 7 heteroatoms. The van der Waals surface area contributed by atoms with Crippen LogP contribution in [0.15, 0.2) is 60.0 Å². The molecule has 0 bridgehead atoms. The minimum atomic E-state index is -0.423. The molecule has 1 N–H and O–H groups in total. The highest BCUT2D eigenvalue weighted by atomic mass is 32.1. The van der Waals surface area contributed by atoms with Gasteiger partial charge in [-0.05, 0) is 48.0 Å². The van der Waals surface area contributed by atoms with Crippen LogP contribution in [0.2, 0.25) is 0 Å². The molecule has 3 rings (SSSR count). The zero-order valence-corrected chi connectivity index (χ0v) is 16.4. The second kappa shape index (κ2) is 9.57. The Morgan fingerprint density at radius 3 is 2.32 bits per heavy atom. The number of benzene rings is 2. The molecule has 0 fully saturated rings. The zero-order chi connectivity index (χ0) is 19.8. The van der Waals surface area contributed by atoms with Crippen molar-refractivity contribution in [2.45, 2.75) is 6.61 Å². The number of nitrogens with one attached hydrogen (secondary N) is 1. The Balaban J connectivity index is 1.48. The summed E-state index contributed by atoms with van der Waals surface area (Å²) in [5.41, 5.74) is 2.48. The van der Waals surface area contributed by atoms with E-state index in [0.717, 1.165) is 27.9 Å². The number of ether oxygens (including phenoxy) is 3. The van der Waals surface area contributed by atoms with Crippen LogP contribution in [0, 0.1) is 0 Å². The van der Waals surface area contributed by atoms with E-state index in [1.165, 1.54) is 17.4 Å². The third kappa shape index (κ3) is 5.59. The molecular formula is C21H20N2O4S. The lowest BCUT2D eigenvalue weighted by Crippen LogP contribution is -2.01. The van der Waals surface area contributed by atoms with Gasteiger partial charge in [0.25, 0.3) is 0 Å². The molecule has 0 spiro atoms. The first kappa shape index (κ1) is 19.4. The van der Waals surface area contributed by atoms with Crippen LogP contribution >= 0.6 is 11.3 Å². The Labute approximate surface area is 167 Å². The molecule has 144 valence electrons. The summed E-state index contributed by atoms with van der Waals surface area (Å²) in [6, 6.07) is 14.9. The fourth-order valence-corrected chi connectivity index (χ4v) is 3.02. The van der Waals surface area contributed by atoms with Crippen LogP contribution in [0.1, 0.15) is 11.3 Å². The second-order valence-electron chi connectivity index (χ2n) is 5.71. The van der Waals surface area contributed by atoms with Crippen molar-refractivity contribution in [3.8, 4) is 11.5 Å². The largest absolute Gasteiger partial charge is 0.497 e. The molecule has 0 amide bonds. The van der Waals surface area contributed by atoms with E-state index >= 15 is 0 Å². The maximum atomic E-state index is 11.9. The van der Waals surface area contributed by atoms with Crippen LogP contribution in [0.25, 0.3) is 6.08 Å². The topological polar surface area (TPSA) is 69.7 Å². The van der Waals surface area contributed by atoms with Gasteiger partial charge in [-0.3, -0.25) is 0 Å². The summed E-state index contributed by atoms with van der Waals surface area (Å²) in [6.45, 7) is 0.118. The average molecular weight is 396 g/mol. The van der Waals surface area contributed by atoms with E-state index in [-0.39, 0.29) is 6.61 Å². The van der Waals surface area contributed by atoms with E-state index in [4.69, 9.17) is 14.2 Å². The van der Waals surface area contributed by atoms with Crippen molar-refractivity contribution < 1.29 is 19.0 Å². The molecule has 0 aliphatic carbocycles. The number of aromatic nitrogens is 1. The molecule has 1 heterocycles. The fourth-order valence-electron chi connectivity index (χ4n) is 2.30. The maximum Gasteiger partial charge on any atom is 0.331 e. The van der Waals surface area contributed by atoms with E-state index in [0.29, 0.717) is 5.69 Å². The molecular weight excluding hydrogens is 376 g/mol. The zero-order valence-electron chi connectivity index (χ0n) is 15.5. The number of anilines is 2. The Hall–Kier alpha value is -3.32. The van der Waals surface area contributed by atoms with E-state index in [2.05, 4.69) is 10.3 Å². The quantitative estimate of drug-likeness (QED) is 0.441. The van der Waals surface area contributed by atoms with E-state index in [1.807, 2.05) is 53.9 Å². The Kier molecular flexibility index (Phi) is 6.64.